The van der Waals surface area contributed by atoms with Crippen LogP contribution in [0.5, 0.6) is 0 Å². The summed E-state index contributed by atoms with van der Waals surface area (Å²) in [5.74, 6) is 0. The predicted octanol–water partition coefficient (Wildman–Crippen LogP) is 6.91. The minimum atomic E-state index is 0.562. The van der Waals surface area contributed by atoms with Crippen LogP contribution in [0.4, 0.5) is 5.69 Å². The molecule has 0 saturated carbocycles. The number of fused-ring (bicyclic) bond motifs is 3. The van der Waals surface area contributed by atoms with Gasteiger partial charge in [0.15, 0.2) is 6.20 Å². The number of aryl methyl sites for hydroxylation is 3. The second-order valence-corrected chi connectivity index (χ2v) is 7.75. The molecular weight excluding hydrogens is 368 g/mol. The molecule has 2 aromatic heterocycles. The maximum absolute atomic E-state index is 7.87. The van der Waals surface area contributed by atoms with Crippen LogP contribution in [0.15, 0.2) is 77.3 Å². The minimum Gasteiger partial charge on any atom is -0.466 e. The second kappa shape index (κ2) is 6.86. The highest BCUT2D eigenvalue weighted by atomic mass is 16.3. The van der Waals surface area contributed by atoms with E-state index < -0.39 is 0 Å². The number of benzene rings is 3. The lowest BCUT2D eigenvalue weighted by molar-refractivity contribution is -0.660. The fourth-order valence-corrected chi connectivity index (χ4v) is 4.19. The summed E-state index contributed by atoms with van der Waals surface area (Å²) in [5.41, 5.74) is 8.50. The SMILES string of the molecule is [C-]#[N+]c1c(-c2ccccc2)ccc2c1oc1c(-c3cc(C)cc[n+]3C)c(C)ccc12. The highest BCUT2D eigenvalue weighted by Gasteiger charge is 2.22. The molecule has 3 nitrogen and oxygen atoms in total. The molecule has 0 spiro atoms. The topological polar surface area (TPSA) is 21.4 Å². The lowest BCUT2D eigenvalue weighted by atomic mass is 9.98. The first-order valence-corrected chi connectivity index (χ1v) is 9.97. The van der Waals surface area contributed by atoms with Crippen LogP contribution in [0, 0.1) is 20.4 Å². The van der Waals surface area contributed by atoms with Crippen molar-refractivity contribution in [3.63, 3.8) is 0 Å². The van der Waals surface area contributed by atoms with Crippen LogP contribution >= 0.6 is 0 Å². The molecule has 0 radical (unpaired) electrons. The van der Waals surface area contributed by atoms with E-state index in [1.807, 2.05) is 43.4 Å². The Labute approximate surface area is 175 Å². The molecule has 144 valence electrons. The van der Waals surface area contributed by atoms with Gasteiger partial charge in [-0.05, 0) is 36.1 Å². The maximum atomic E-state index is 7.87. The van der Waals surface area contributed by atoms with Gasteiger partial charge in [0.1, 0.15) is 18.2 Å². The van der Waals surface area contributed by atoms with Gasteiger partial charge in [-0.3, -0.25) is 0 Å². The summed E-state index contributed by atoms with van der Waals surface area (Å²) >= 11 is 0. The van der Waals surface area contributed by atoms with Gasteiger partial charge >= 0.3 is 0 Å². The summed E-state index contributed by atoms with van der Waals surface area (Å²) in [6.45, 7) is 12.1. The molecule has 0 aliphatic rings. The van der Waals surface area contributed by atoms with Gasteiger partial charge in [-0.1, -0.05) is 54.6 Å². The van der Waals surface area contributed by atoms with E-state index in [0.29, 0.717) is 11.3 Å². The molecule has 0 atom stereocenters. The third-order valence-electron chi connectivity index (χ3n) is 5.75. The summed E-state index contributed by atoms with van der Waals surface area (Å²) in [6.07, 6.45) is 2.07. The molecule has 0 amide bonds. The normalized spacial score (nSPS) is 11.1. The Balaban J connectivity index is 1.88. The Morgan fingerprint density at radius 2 is 1.60 bits per heavy atom. The molecule has 30 heavy (non-hydrogen) atoms. The Bertz CT molecular complexity index is 1470. The number of hydrogen-bond acceptors (Lipinski definition) is 1. The molecule has 0 unspecified atom stereocenters. The number of aromatic nitrogens is 1. The Morgan fingerprint density at radius 3 is 2.37 bits per heavy atom. The van der Waals surface area contributed by atoms with Gasteiger partial charge in [0, 0.05) is 22.9 Å². The highest BCUT2D eigenvalue weighted by molar-refractivity contribution is 6.14. The van der Waals surface area contributed by atoms with Crippen LogP contribution in [0.1, 0.15) is 11.1 Å². The average Bonchev–Trinajstić information content (AvgIpc) is 3.14. The van der Waals surface area contributed by atoms with Gasteiger partial charge in [-0.15, -0.1) is 0 Å². The summed E-state index contributed by atoms with van der Waals surface area (Å²) in [7, 11) is 2.05. The van der Waals surface area contributed by atoms with Crippen molar-refractivity contribution in [2.75, 3.05) is 0 Å². The van der Waals surface area contributed by atoms with Gasteiger partial charge in [-0.2, -0.15) is 0 Å². The average molecular weight is 389 g/mol. The largest absolute Gasteiger partial charge is 0.466 e. The molecule has 2 heterocycles. The van der Waals surface area contributed by atoms with Crippen molar-refractivity contribution in [3.8, 4) is 22.4 Å². The Hall–Kier alpha value is -3.90. The fourth-order valence-electron chi connectivity index (χ4n) is 4.19. The number of hydrogen-bond donors (Lipinski definition) is 0. The van der Waals surface area contributed by atoms with Crippen molar-refractivity contribution >= 4 is 27.6 Å². The smallest absolute Gasteiger partial charge is 0.237 e. The van der Waals surface area contributed by atoms with E-state index >= 15 is 0 Å². The van der Waals surface area contributed by atoms with Crippen LogP contribution in [0.25, 0.3) is 49.2 Å². The van der Waals surface area contributed by atoms with Crippen LogP contribution in [-0.2, 0) is 7.05 Å². The molecular formula is C27H21N2O+. The number of rotatable bonds is 2. The van der Waals surface area contributed by atoms with E-state index in [9.17, 15) is 0 Å². The summed E-state index contributed by atoms with van der Waals surface area (Å²) in [4.78, 5) is 3.88. The fraction of sp³-hybridized carbons (Fsp3) is 0.111. The Morgan fingerprint density at radius 1 is 0.867 bits per heavy atom. The van der Waals surface area contributed by atoms with E-state index in [-0.39, 0.29) is 0 Å². The van der Waals surface area contributed by atoms with Crippen LogP contribution < -0.4 is 4.57 Å². The van der Waals surface area contributed by atoms with Crippen LogP contribution in [-0.4, -0.2) is 0 Å². The van der Waals surface area contributed by atoms with Crippen molar-refractivity contribution < 1.29 is 8.98 Å². The molecule has 3 aromatic carbocycles. The first-order valence-electron chi connectivity index (χ1n) is 9.97. The summed E-state index contributed by atoms with van der Waals surface area (Å²) in [6, 6.07) is 22.7. The zero-order chi connectivity index (χ0) is 20.8. The van der Waals surface area contributed by atoms with Crippen molar-refractivity contribution in [3.05, 3.63) is 95.5 Å². The van der Waals surface area contributed by atoms with Crippen LogP contribution in [0.3, 0.4) is 0 Å². The second-order valence-electron chi connectivity index (χ2n) is 7.75. The Kier molecular flexibility index (Phi) is 4.15. The van der Waals surface area contributed by atoms with E-state index in [4.69, 9.17) is 11.0 Å². The van der Waals surface area contributed by atoms with Gasteiger partial charge in [0.2, 0.25) is 11.4 Å². The first-order chi connectivity index (χ1) is 14.6. The third-order valence-corrected chi connectivity index (χ3v) is 5.75. The highest BCUT2D eigenvalue weighted by Crippen LogP contribution is 2.44. The van der Waals surface area contributed by atoms with E-state index in [1.54, 1.807) is 0 Å². The van der Waals surface area contributed by atoms with Crippen molar-refractivity contribution in [1.82, 2.24) is 0 Å². The molecule has 5 rings (SSSR count). The lowest BCUT2D eigenvalue weighted by Crippen LogP contribution is -2.30. The third kappa shape index (κ3) is 2.69. The van der Waals surface area contributed by atoms with E-state index in [0.717, 1.165) is 44.3 Å². The lowest BCUT2D eigenvalue weighted by Gasteiger charge is -2.06. The van der Waals surface area contributed by atoms with Gasteiger partial charge in [0.05, 0.1) is 12.1 Å². The zero-order valence-electron chi connectivity index (χ0n) is 17.2. The molecule has 0 aliphatic carbocycles. The zero-order valence-corrected chi connectivity index (χ0v) is 17.2. The monoisotopic (exact) mass is 389 g/mol. The van der Waals surface area contributed by atoms with Crippen molar-refractivity contribution in [2.45, 2.75) is 13.8 Å². The molecule has 0 aliphatic heterocycles. The quantitative estimate of drug-likeness (QED) is 0.237. The number of nitrogens with zero attached hydrogens (tertiary/aromatic N) is 2. The molecule has 0 bridgehead atoms. The summed E-state index contributed by atoms with van der Waals surface area (Å²) in [5, 5.41) is 2.02. The van der Waals surface area contributed by atoms with Crippen LogP contribution in [0.2, 0.25) is 0 Å². The predicted molar refractivity (Wildman–Crippen MR) is 122 cm³/mol. The van der Waals surface area contributed by atoms with Gasteiger partial charge in [-0.25, -0.2) is 9.41 Å². The first kappa shape index (κ1) is 18.1. The molecule has 5 aromatic rings. The molecule has 0 N–H and O–H groups in total. The molecule has 0 saturated heterocycles. The van der Waals surface area contributed by atoms with Gasteiger partial charge in [0.25, 0.3) is 0 Å². The maximum Gasteiger partial charge on any atom is 0.237 e. The summed E-state index contributed by atoms with van der Waals surface area (Å²) < 4.78 is 8.59. The number of pyridine rings is 1. The van der Waals surface area contributed by atoms with E-state index in [1.165, 1.54) is 5.56 Å². The standard InChI is InChI=1S/C27H21N2O/c1-17-14-15-29(4)23(16-17)24-18(2)10-11-21-22-13-12-20(19-8-6-5-7-9-19)25(28-3)27(22)30-26(21)24/h5-16H,1-2,4H3/q+1. The molecule has 3 heteroatoms. The van der Waals surface area contributed by atoms with Crippen molar-refractivity contribution in [2.24, 2.45) is 7.05 Å². The van der Waals surface area contributed by atoms with Gasteiger partial charge < -0.3 is 4.42 Å². The molecule has 0 fully saturated rings. The minimum absolute atomic E-state index is 0.562. The van der Waals surface area contributed by atoms with Crippen molar-refractivity contribution in [1.29, 1.82) is 0 Å². The number of furan rings is 1. The van der Waals surface area contributed by atoms with E-state index in [2.05, 4.69) is 59.8 Å².